The summed E-state index contributed by atoms with van der Waals surface area (Å²) in [6.45, 7) is 4.80. The van der Waals surface area contributed by atoms with E-state index >= 15 is 0 Å². The Morgan fingerprint density at radius 2 is 2.05 bits per heavy atom. The van der Waals surface area contributed by atoms with Gasteiger partial charge in [-0.25, -0.2) is 0 Å². The SMILES string of the molecule is CCC(C)(C)[S+]([O-])N[C@@H](C)c1cccc(OC(F)F)c1. The van der Waals surface area contributed by atoms with E-state index in [4.69, 9.17) is 0 Å². The van der Waals surface area contributed by atoms with Crippen LogP contribution in [0.25, 0.3) is 0 Å². The molecular weight excluding hydrogens is 284 g/mol. The maximum Gasteiger partial charge on any atom is 0.387 e. The van der Waals surface area contributed by atoms with Crippen LogP contribution in [0.4, 0.5) is 8.78 Å². The molecule has 0 aliphatic carbocycles. The van der Waals surface area contributed by atoms with Crippen LogP contribution in [0.5, 0.6) is 5.75 Å². The molecule has 0 bridgehead atoms. The van der Waals surface area contributed by atoms with Gasteiger partial charge in [-0.3, -0.25) is 0 Å². The van der Waals surface area contributed by atoms with Gasteiger partial charge in [-0.15, -0.1) is 4.72 Å². The van der Waals surface area contributed by atoms with Gasteiger partial charge < -0.3 is 9.29 Å². The lowest BCUT2D eigenvalue weighted by Gasteiger charge is -2.29. The molecule has 0 amide bonds. The fourth-order valence-electron chi connectivity index (χ4n) is 1.48. The highest BCUT2D eigenvalue weighted by atomic mass is 32.2. The lowest BCUT2D eigenvalue weighted by molar-refractivity contribution is -0.0499. The van der Waals surface area contributed by atoms with E-state index in [1.54, 1.807) is 12.1 Å². The van der Waals surface area contributed by atoms with Gasteiger partial charge in [0.2, 0.25) is 0 Å². The van der Waals surface area contributed by atoms with Crippen LogP contribution in [0, 0.1) is 0 Å². The Kier molecular flexibility index (Phi) is 6.23. The van der Waals surface area contributed by atoms with Crippen LogP contribution in [0.3, 0.4) is 0 Å². The number of halogens is 2. The second-order valence-corrected chi connectivity index (χ2v) is 7.05. The van der Waals surface area contributed by atoms with Gasteiger partial charge in [0.05, 0.1) is 6.04 Å². The molecule has 0 heterocycles. The third-order valence-corrected chi connectivity index (χ3v) is 5.08. The highest BCUT2D eigenvalue weighted by molar-refractivity contribution is 7.90. The van der Waals surface area contributed by atoms with Crippen molar-refractivity contribution in [2.45, 2.75) is 51.5 Å². The first-order valence-corrected chi connectivity index (χ1v) is 7.64. The minimum absolute atomic E-state index is 0.103. The first-order chi connectivity index (χ1) is 9.26. The molecule has 0 aliphatic heterocycles. The van der Waals surface area contributed by atoms with E-state index < -0.39 is 18.0 Å². The monoisotopic (exact) mass is 305 g/mol. The predicted octanol–water partition coefficient (Wildman–Crippen LogP) is 3.79. The second kappa shape index (κ2) is 7.24. The van der Waals surface area contributed by atoms with E-state index in [-0.39, 0.29) is 16.5 Å². The lowest BCUT2D eigenvalue weighted by atomic mass is 10.1. The first-order valence-electron chi connectivity index (χ1n) is 6.49. The number of hydrogen-bond donors (Lipinski definition) is 1. The molecule has 0 saturated carbocycles. The molecule has 0 fully saturated rings. The molecule has 1 aromatic carbocycles. The minimum Gasteiger partial charge on any atom is -0.598 e. The van der Waals surface area contributed by atoms with Crippen LogP contribution in [0.15, 0.2) is 24.3 Å². The molecule has 0 saturated heterocycles. The summed E-state index contributed by atoms with van der Waals surface area (Å²) in [7, 11) is 0. The average molecular weight is 305 g/mol. The Labute approximate surface area is 122 Å². The fraction of sp³-hybridized carbons (Fsp3) is 0.571. The van der Waals surface area contributed by atoms with E-state index in [0.717, 1.165) is 12.0 Å². The van der Waals surface area contributed by atoms with Gasteiger partial charge in [-0.05, 0) is 44.9 Å². The van der Waals surface area contributed by atoms with Gasteiger partial charge in [0.15, 0.2) is 0 Å². The van der Waals surface area contributed by atoms with Crippen LogP contribution in [0.2, 0.25) is 0 Å². The van der Waals surface area contributed by atoms with Crippen LogP contribution >= 0.6 is 0 Å². The predicted molar refractivity (Wildman–Crippen MR) is 77.1 cm³/mol. The Morgan fingerprint density at radius 3 is 2.60 bits per heavy atom. The quantitative estimate of drug-likeness (QED) is 0.779. The molecule has 1 N–H and O–H groups in total. The Balaban J connectivity index is 2.74. The van der Waals surface area contributed by atoms with Crippen molar-refractivity contribution in [2.75, 3.05) is 0 Å². The Morgan fingerprint density at radius 1 is 1.40 bits per heavy atom. The van der Waals surface area contributed by atoms with E-state index in [9.17, 15) is 13.3 Å². The normalized spacial score (nSPS) is 15.2. The van der Waals surface area contributed by atoms with Crippen LogP contribution in [-0.4, -0.2) is 15.9 Å². The molecule has 1 aromatic rings. The molecule has 0 aliphatic rings. The number of alkyl halides is 2. The Hall–Kier alpha value is -0.850. The largest absolute Gasteiger partial charge is 0.598 e. The first kappa shape index (κ1) is 17.2. The van der Waals surface area contributed by atoms with Crippen molar-refractivity contribution in [2.24, 2.45) is 0 Å². The van der Waals surface area contributed by atoms with Crippen LogP contribution < -0.4 is 9.46 Å². The average Bonchev–Trinajstić information content (AvgIpc) is 2.38. The summed E-state index contributed by atoms with van der Waals surface area (Å²) in [5, 5.41) is 0. The maximum atomic E-state index is 12.2. The number of hydrogen-bond acceptors (Lipinski definition) is 3. The highest BCUT2D eigenvalue weighted by Crippen LogP contribution is 2.25. The summed E-state index contributed by atoms with van der Waals surface area (Å²) >= 11 is -1.22. The molecule has 2 atom stereocenters. The van der Waals surface area contributed by atoms with E-state index in [0.29, 0.717) is 0 Å². The minimum atomic E-state index is -2.85. The zero-order valence-electron chi connectivity index (χ0n) is 12.2. The van der Waals surface area contributed by atoms with Gasteiger partial charge in [-0.2, -0.15) is 8.78 Å². The molecule has 0 spiro atoms. The third kappa shape index (κ3) is 4.92. The highest BCUT2D eigenvalue weighted by Gasteiger charge is 2.31. The molecular formula is C14H21F2NO2S. The molecule has 3 nitrogen and oxygen atoms in total. The standard InChI is InChI=1S/C14H21F2NO2S/c1-5-14(3,4)20(18)17-10(2)11-7-6-8-12(9-11)19-13(15)16/h6-10,13,17H,5H2,1-4H3/t10-,20?/m0/s1. The smallest absolute Gasteiger partial charge is 0.387 e. The zero-order chi connectivity index (χ0) is 15.3. The molecule has 6 heteroatoms. The summed E-state index contributed by atoms with van der Waals surface area (Å²) in [4.78, 5) is 0. The summed E-state index contributed by atoms with van der Waals surface area (Å²) in [6, 6.07) is 6.20. The van der Waals surface area contributed by atoms with Crippen molar-refractivity contribution in [3.8, 4) is 5.75 Å². The van der Waals surface area contributed by atoms with E-state index in [1.165, 1.54) is 12.1 Å². The third-order valence-electron chi connectivity index (χ3n) is 3.22. The van der Waals surface area contributed by atoms with Gasteiger partial charge in [0, 0.05) is 11.4 Å². The number of benzene rings is 1. The summed E-state index contributed by atoms with van der Waals surface area (Å²) in [6.07, 6.45) is 0.772. The van der Waals surface area contributed by atoms with Crippen molar-refractivity contribution >= 4 is 11.4 Å². The Bertz CT molecular complexity index is 429. The molecule has 0 radical (unpaired) electrons. The van der Waals surface area contributed by atoms with Crippen molar-refractivity contribution in [3.63, 3.8) is 0 Å². The zero-order valence-corrected chi connectivity index (χ0v) is 13.0. The van der Waals surface area contributed by atoms with Crippen molar-refractivity contribution in [3.05, 3.63) is 29.8 Å². The maximum absolute atomic E-state index is 12.2. The van der Waals surface area contributed by atoms with Crippen molar-refractivity contribution in [1.82, 2.24) is 4.72 Å². The van der Waals surface area contributed by atoms with Crippen molar-refractivity contribution < 1.29 is 18.1 Å². The molecule has 20 heavy (non-hydrogen) atoms. The van der Waals surface area contributed by atoms with Gasteiger partial charge >= 0.3 is 6.61 Å². The van der Waals surface area contributed by atoms with Gasteiger partial charge in [-0.1, -0.05) is 19.1 Å². The number of rotatable bonds is 7. The van der Waals surface area contributed by atoms with Crippen molar-refractivity contribution in [1.29, 1.82) is 0 Å². The van der Waals surface area contributed by atoms with E-state index in [2.05, 4.69) is 9.46 Å². The summed E-state index contributed by atoms with van der Waals surface area (Å²) < 4.78 is 43.6. The van der Waals surface area contributed by atoms with Crippen LogP contribution in [0.1, 0.15) is 45.7 Å². The van der Waals surface area contributed by atoms with E-state index in [1.807, 2.05) is 27.7 Å². The lowest BCUT2D eigenvalue weighted by Crippen LogP contribution is -2.42. The summed E-state index contributed by atoms with van der Waals surface area (Å²) in [5.74, 6) is 0.103. The second-order valence-electron chi connectivity index (χ2n) is 5.17. The molecule has 0 aromatic heterocycles. The molecule has 1 unspecified atom stereocenters. The molecule has 114 valence electrons. The number of ether oxygens (including phenoxy) is 1. The topological polar surface area (TPSA) is 44.3 Å². The summed E-state index contributed by atoms with van der Waals surface area (Å²) in [5.41, 5.74) is 0.753. The van der Waals surface area contributed by atoms with Gasteiger partial charge in [0.1, 0.15) is 10.5 Å². The molecule has 1 rings (SSSR count). The van der Waals surface area contributed by atoms with Gasteiger partial charge in [0.25, 0.3) is 0 Å². The number of nitrogens with one attached hydrogen (secondary N) is 1. The fourth-order valence-corrected chi connectivity index (χ4v) is 2.52. The van der Waals surface area contributed by atoms with Crippen LogP contribution in [-0.2, 0) is 11.4 Å².